The second-order valence-electron chi connectivity index (χ2n) is 8.43. The number of benzene rings is 2. The molecule has 0 aromatic heterocycles. The summed E-state index contributed by atoms with van der Waals surface area (Å²) in [6, 6.07) is 20.1. The van der Waals surface area contributed by atoms with E-state index in [1.807, 2.05) is 48.5 Å². The van der Waals surface area contributed by atoms with Crippen molar-refractivity contribution in [1.82, 2.24) is 0 Å². The maximum atomic E-state index is 6.14. The van der Waals surface area contributed by atoms with Gasteiger partial charge in [-0.3, -0.25) is 0 Å². The largest absolute Gasteiger partial charge is 0.500 e. The van der Waals surface area contributed by atoms with Gasteiger partial charge in [0.05, 0.1) is 25.0 Å². The summed E-state index contributed by atoms with van der Waals surface area (Å²) in [5.74, 6) is 0. The van der Waals surface area contributed by atoms with Crippen molar-refractivity contribution < 1.29 is 9.47 Å². The molecule has 0 unspecified atom stereocenters. The molecule has 4 N–H and O–H groups in total. The molecule has 2 rings (SSSR count). The van der Waals surface area contributed by atoms with Crippen molar-refractivity contribution in [2.24, 2.45) is 11.5 Å². The molecule has 0 aliphatic carbocycles. The summed E-state index contributed by atoms with van der Waals surface area (Å²) in [5, 5.41) is 0. The van der Waals surface area contributed by atoms with Crippen LogP contribution in [0.2, 0.25) is 0 Å². The van der Waals surface area contributed by atoms with Crippen molar-refractivity contribution in [2.75, 3.05) is 19.8 Å². The summed E-state index contributed by atoms with van der Waals surface area (Å²) in [6.07, 6.45) is 15.1. The lowest BCUT2D eigenvalue weighted by Crippen LogP contribution is -2.17. The summed E-state index contributed by atoms with van der Waals surface area (Å²) in [4.78, 5) is 0. The molecule has 0 spiro atoms. The van der Waals surface area contributed by atoms with Crippen LogP contribution >= 0.6 is 0 Å². The number of hydrogen-bond acceptors (Lipinski definition) is 4. The first-order valence-corrected chi connectivity index (χ1v) is 12.2. The number of nitrogens with two attached hydrogens (primary N) is 2. The second kappa shape index (κ2) is 17.4. The van der Waals surface area contributed by atoms with Crippen molar-refractivity contribution in [3.63, 3.8) is 0 Å². The van der Waals surface area contributed by atoms with Gasteiger partial charge in [-0.2, -0.15) is 0 Å². The fraction of sp³-hybridized carbons (Fsp3) is 0.500. The molecule has 0 saturated carbocycles. The van der Waals surface area contributed by atoms with E-state index in [2.05, 4.69) is 18.2 Å². The van der Waals surface area contributed by atoms with Crippen LogP contribution in [0.4, 0.5) is 0 Å². The third-order valence-electron chi connectivity index (χ3n) is 5.63. The standard InChI is InChI=1S/C28H42N2O2/c29-27(25-17-11-9-12-18-25)23-31-21-15-7-5-3-1-2-4-6-8-16-22-32-24-28(30)26-19-13-10-14-20-26/h9-15,17-21,27-28H,1-8,16,22-24,29-30H2/t27-,28-/m1/s1. The van der Waals surface area contributed by atoms with Gasteiger partial charge in [0.2, 0.25) is 0 Å². The zero-order valence-electron chi connectivity index (χ0n) is 19.5. The maximum absolute atomic E-state index is 6.14. The molecule has 0 radical (unpaired) electrons. The van der Waals surface area contributed by atoms with Gasteiger partial charge in [-0.05, 0) is 36.5 Å². The Bertz CT molecular complexity index is 706. The highest BCUT2D eigenvalue weighted by Gasteiger charge is 2.05. The van der Waals surface area contributed by atoms with E-state index in [0.29, 0.717) is 13.2 Å². The van der Waals surface area contributed by atoms with Crippen LogP contribution in [0, 0.1) is 0 Å². The Kier molecular flexibility index (Phi) is 14.2. The average Bonchev–Trinajstić information content (AvgIpc) is 2.84. The predicted molar refractivity (Wildman–Crippen MR) is 134 cm³/mol. The lowest BCUT2D eigenvalue weighted by Gasteiger charge is -2.12. The van der Waals surface area contributed by atoms with Crippen molar-refractivity contribution in [3.8, 4) is 0 Å². The van der Waals surface area contributed by atoms with E-state index >= 15 is 0 Å². The van der Waals surface area contributed by atoms with Crippen molar-refractivity contribution in [1.29, 1.82) is 0 Å². The Morgan fingerprint density at radius 1 is 0.625 bits per heavy atom. The van der Waals surface area contributed by atoms with Gasteiger partial charge in [0.25, 0.3) is 0 Å². The van der Waals surface area contributed by atoms with Crippen LogP contribution in [0.3, 0.4) is 0 Å². The van der Waals surface area contributed by atoms with Crippen LogP contribution in [-0.2, 0) is 9.47 Å². The minimum atomic E-state index is -0.0701. The Balaban J connectivity index is 1.31. The third-order valence-corrected chi connectivity index (χ3v) is 5.63. The van der Waals surface area contributed by atoms with Gasteiger partial charge in [0, 0.05) is 6.61 Å². The van der Waals surface area contributed by atoms with Crippen LogP contribution in [0.1, 0.15) is 81.0 Å². The molecule has 4 heteroatoms. The molecule has 4 nitrogen and oxygen atoms in total. The molecule has 0 heterocycles. The van der Waals surface area contributed by atoms with E-state index in [-0.39, 0.29) is 12.1 Å². The Labute approximate surface area is 195 Å². The predicted octanol–water partition coefficient (Wildman–Crippen LogP) is 6.44. The van der Waals surface area contributed by atoms with E-state index in [0.717, 1.165) is 30.6 Å². The molecule has 0 saturated heterocycles. The number of ether oxygens (including phenoxy) is 2. The summed E-state index contributed by atoms with van der Waals surface area (Å²) in [6.45, 7) is 1.93. The molecular formula is C28H42N2O2. The molecular weight excluding hydrogens is 396 g/mol. The topological polar surface area (TPSA) is 70.5 Å². The average molecular weight is 439 g/mol. The number of allylic oxidation sites excluding steroid dienone is 1. The highest BCUT2D eigenvalue weighted by Crippen LogP contribution is 2.13. The van der Waals surface area contributed by atoms with Gasteiger partial charge in [0.1, 0.15) is 6.61 Å². The van der Waals surface area contributed by atoms with E-state index in [1.165, 1.54) is 44.9 Å². The lowest BCUT2D eigenvalue weighted by atomic mass is 10.1. The highest BCUT2D eigenvalue weighted by atomic mass is 16.5. The Morgan fingerprint density at radius 3 is 1.72 bits per heavy atom. The van der Waals surface area contributed by atoms with E-state index in [1.54, 1.807) is 6.26 Å². The highest BCUT2D eigenvalue weighted by molar-refractivity contribution is 5.19. The molecule has 2 atom stereocenters. The first-order chi connectivity index (χ1) is 15.8. The third kappa shape index (κ3) is 12.0. The van der Waals surface area contributed by atoms with Gasteiger partial charge in [-0.1, -0.05) is 99.2 Å². The van der Waals surface area contributed by atoms with Crippen LogP contribution < -0.4 is 11.5 Å². The molecule has 2 aromatic rings. The molecule has 176 valence electrons. The van der Waals surface area contributed by atoms with Gasteiger partial charge >= 0.3 is 0 Å². The Hall–Kier alpha value is -2.14. The zero-order valence-corrected chi connectivity index (χ0v) is 19.5. The van der Waals surface area contributed by atoms with Crippen LogP contribution in [0.25, 0.3) is 0 Å². The lowest BCUT2D eigenvalue weighted by molar-refractivity contribution is 0.117. The van der Waals surface area contributed by atoms with Gasteiger partial charge in [0.15, 0.2) is 0 Å². The fourth-order valence-corrected chi connectivity index (χ4v) is 3.63. The summed E-state index contributed by atoms with van der Waals surface area (Å²) >= 11 is 0. The smallest absolute Gasteiger partial charge is 0.107 e. The summed E-state index contributed by atoms with van der Waals surface area (Å²) in [5.41, 5.74) is 14.5. The number of rotatable bonds is 18. The minimum Gasteiger partial charge on any atom is -0.500 e. The Morgan fingerprint density at radius 2 is 1.12 bits per heavy atom. The molecule has 0 aliphatic rings. The quantitative estimate of drug-likeness (QED) is 0.207. The van der Waals surface area contributed by atoms with Crippen molar-refractivity contribution >= 4 is 0 Å². The van der Waals surface area contributed by atoms with E-state index < -0.39 is 0 Å². The van der Waals surface area contributed by atoms with E-state index in [4.69, 9.17) is 20.9 Å². The molecule has 2 aromatic carbocycles. The number of hydrogen-bond donors (Lipinski definition) is 2. The summed E-state index contributed by atoms with van der Waals surface area (Å²) < 4.78 is 11.3. The van der Waals surface area contributed by atoms with Gasteiger partial charge in [-0.25, -0.2) is 0 Å². The summed E-state index contributed by atoms with van der Waals surface area (Å²) in [7, 11) is 0. The van der Waals surface area contributed by atoms with E-state index in [9.17, 15) is 0 Å². The SMILES string of the molecule is N[C@H](COC=CCCCCCCCCCCOC[C@@H](N)c1ccccc1)c1ccccc1. The van der Waals surface area contributed by atoms with Gasteiger partial charge in [-0.15, -0.1) is 0 Å². The van der Waals surface area contributed by atoms with Gasteiger partial charge < -0.3 is 20.9 Å². The van der Waals surface area contributed by atoms with Crippen LogP contribution in [0.15, 0.2) is 73.0 Å². The molecule has 0 amide bonds. The number of unbranched alkanes of at least 4 members (excludes halogenated alkanes) is 8. The van der Waals surface area contributed by atoms with Crippen molar-refractivity contribution in [3.05, 3.63) is 84.1 Å². The minimum absolute atomic E-state index is 0.0236. The molecule has 0 bridgehead atoms. The molecule has 0 aliphatic heterocycles. The monoisotopic (exact) mass is 438 g/mol. The maximum Gasteiger partial charge on any atom is 0.107 e. The molecule has 0 fully saturated rings. The molecule has 32 heavy (non-hydrogen) atoms. The fourth-order valence-electron chi connectivity index (χ4n) is 3.63. The van der Waals surface area contributed by atoms with Crippen molar-refractivity contribution in [2.45, 2.75) is 69.9 Å². The second-order valence-corrected chi connectivity index (χ2v) is 8.43. The normalized spacial score (nSPS) is 13.3. The van der Waals surface area contributed by atoms with Crippen LogP contribution in [-0.4, -0.2) is 19.8 Å². The zero-order chi connectivity index (χ0) is 22.7. The first kappa shape index (κ1) is 26.1. The van der Waals surface area contributed by atoms with Crippen LogP contribution in [0.5, 0.6) is 0 Å². The first-order valence-electron chi connectivity index (χ1n) is 12.2.